The summed E-state index contributed by atoms with van der Waals surface area (Å²) in [6.07, 6.45) is 0. The highest BCUT2D eigenvalue weighted by atomic mass is 32.2. The minimum Gasteiger partial charge on any atom is -0.211 e. The molecule has 3 nitrogen and oxygen atoms in total. The molecule has 0 aliphatic heterocycles. The Balaban J connectivity index is 4.41. The van der Waals surface area contributed by atoms with Crippen molar-refractivity contribution >= 4 is 10.1 Å². The highest BCUT2D eigenvalue weighted by molar-refractivity contribution is 7.89. The summed E-state index contributed by atoms with van der Waals surface area (Å²) in [5.74, 6) is -1.03. The van der Waals surface area contributed by atoms with Crippen LogP contribution in [0, 0.1) is 0 Å². The summed E-state index contributed by atoms with van der Waals surface area (Å²) in [6, 6.07) is 0. The Morgan fingerprint density at radius 2 is 2.11 bits per heavy atom. The van der Waals surface area contributed by atoms with E-state index in [0.717, 1.165) is 6.92 Å². The predicted molar refractivity (Wildman–Crippen MR) is 26.0 cm³/mol. The molecule has 0 bridgehead atoms. The van der Waals surface area contributed by atoms with Gasteiger partial charge in [-0.1, -0.05) is 4.39 Å². The van der Waals surface area contributed by atoms with Crippen LogP contribution in [0.2, 0.25) is 0 Å². The van der Waals surface area contributed by atoms with Crippen molar-refractivity contribution in [3.8, 4) is 0 Å². The van der Waals surface area contributed by atoms with Crippen LogP contribution in [0.3, 0.4) is 0 Å². The summed E-state index contributed by atoms with van der Waals surface area (Å²) in [5.41, 5.74) is 0. The molecule has 0 N–H and O–H groups in total. The van der Waals surface area contributed by atoms with Gasteiger partial charge in [-0.25, -0.2) is 4.39 Å². The second-order valence-electron chi connectivity index (χ2n) is 1.26. The standard InChI is InChI=1S/C3H4F2O3S/c1-3(4)2-9(6,7)8-5/h2H,1H3. The summed E-state index contributed by atoms with van der Waals surface area (Å²) < 4.78 is 44.6. The number of hydrogen-bond acceptors (Lipinski definition) is 3. The molecule has 0 amide bonds. The van der Waals surface area contributed by atoms with Gasteiger partial charge in [-0.05, 0) is 11.4 Å². The van der Waals surface area contributed by atoms with Gasteiger partial charge in [0.1, 0.15) is 5.83 Å². The molecule has 0 radical (unpaired) electrons. The highest BCUT2D eigenvalue weighted by Crippen LogP contribution is 2.01. The molecule has 0 aromatic heterocycles. The topological polar surface area (TPSA) is 43.4 Å². The van der Waals surface area contributed by atoms with Crippen molar-refractivity contribution in [3.05, 3.63) is 11.2 Å². The zero-order chi connectivity index (χ0) is 7.49. The first kappa shape index (κ1) is 8.51. The van der Waals surface area contributed by atoms with Crippen LogP contribution in [0.25, 0.3) is 0 Å². The Bertz CT molecular complexity index is 201. The lowest BCUT2D eigenvalue weighted by atomic mass is 10.7. The SMILES string of the molecule is CC(F)=CS(=O)(=O)OF. The molecule has 0 aliphatic carbocycles. The van der Waals surface area contributed by atoms with Crippen LogP contribution in [0.1, 0.15) is 6.92 Å². The number of hydrogen-bond donors (Lipinski definition) is 0. The number of rotatable bonds is 2. The summed E-state index contributed by atoms with van der Waals surface area (Å²) in [7, 11) is -4.42. The normalized spacial score (nSPS) is 13.9. The summed E-state index contributed by atoms with van der Waals surface area (Å²) >= 11 is 0. The molecule has 0 heterocycles. The van der Waals surface area contributed by atoms with E-state index in [9.17, 15) is 17.3 Å². The van der Waals surface area contributed by atoms with Crippen molar-refractivity contribution in [1.29, 1.82) is 0 Å². The Morgan fingerprint density at radius 1 is 1.67 bits per heavy atom. The van der Waals surface area contributed by atoms with Crippen molar-refractivity contribution in [2.75, 3.05) is 0 Å². The van der Waals surface area contributed by atoms with Crippen molar-refractivity contribution in [3.63, 3.8) is 0 Å². The second kappa shape index (κ2) is 2.88. The second-order valence-corrected chi connectivity index (χ2v) is 2.61. The Hall–Kier alpha value is -0.490. The minimum atomic E-state index is -4.42. The van der Waals surface area contributed by atoms with E-state index >= 15 is 0 Å². The average molecular weight is 158 g/mol. The molecular weight excluding hydrogens is 154 g/mol. The first-order valence-corrected chi connectivity index (χ1v) is 3.34. The predicted octanol–water partition coefficient (Wildman–Crippen LogP) is 1.05. The first-order chi connectivity index (χ1) is 3.98. The van der Waals surface area contributed by atoms with Crippen LogP contribution in [-0.4, -0.2) is 8.42 Å². The molecule has 0 fully saturated rings. The maximum Gasteiger partial charge on any atom is 0.322 e. The lowest BCUT2D eigenvalue weighted by molar-refractivity contribution is 0.00514. The maximum absolute atomic E-state index is 11.6. The van der Waals surface area contributed by atoms with Gasteiger partial charge < -0.3 is 0 Å². The fraction of sp³-hybridized carbons (Fsp3) is 0.333. The molecule has 9 heavy (non-hydrogen) atoms. The van der Waals surface area contributed by atoms with E-state index in [-0.39, 0.29) is 5.41 Å². The van der Waals surface area contributed by atoms with Crippen molar-refractivity contribution in [2.45, 2.75) is 6.92 Å². The maximum atomic E-state index is 11.6. The first-order valence-electron chi connectivity index (χ1n) is 1.87. The minimum absolute atomic E-state index is 0.0347. The highest BCUT2D eigenvalue weighted by Gasteiger charge is 2.06. The molecular formula is C3H4F2O3S. The number of halogens is 2. The van der Waals surface area contributed by atoms with E-state index in [1.165, 1.54) is 0 Å². The lowest BCUT2D eigenvalue weighted by Crippen LogP contribution is -1.93. The Kier molecular flexibility index (Phi) is 2.72. The fourth-order valence-corrected chi connectivity index (χ4v) is 0.651. The zero-order valence-corrected chi connectivity index (χ0v) is 5.28. The summed E-state index contributed by atoms with van der Waals surface area (Å²) in [5, 5.41) is 0.0347. The zero-order valence-electron chi connectivity index (χ0n) is 4.47. The molecule has 0 saturated heterocycles. The molecule has 0 aromatic rings. The van der Waals surface area contributed by atoms with Gasteiger partial charge in [0.05, 0.1) is 5.41 Å². The van der Waals surface area contributed by atoms with Crippen LogP contribution < -0.4 is 0 Å². The smallest absolute Gasteiger partial charge is 0.211 e. The van der Waals surface area contributed by atoms with Crippen LogP contribution in [0.4, 0.5) is 8.92 Å². The van der Waals surface area contributed by atoms with Crippen LogP contribution in [0.15, 0.2) is 11.2 Å². The van der Waals surface area contributed by atoms with Crippen molar-refractivity contribution < 1.29 is 21.7 Å². The third-order valence-corrected chi connectivity index (χ3v) is 1.18. The van der Waals surface area contributed by atoms with Gasteiger partial charge in [0.2, 0.25) is 0 Å². The van der Waals surface area contributed by atoms with Crippen LogP contribution in [-0.2, 0) is 14.5 Å². The van der Waals surface area contributed by atoms with Gasteiger partial charge in [-0.3, -0.25) is 0 Å². The fourth-order valence-electron chi connectivity index (χ4n) is 0.217. The molecule has 0 rings (SSSR count). The summed E-state index contributed by atoms with van der Waals surface area (Å²) in [4.78, 5) is 0. The van der Waals surface area contributed by atoms with Gasteiger partial charge >= 0.3 is 10.1 Å². The van der Waals surface area contributed by atoms with Crippen LogP contribution in [0.5, 0.6) is 0 Å². The van der Waals surface area contributed by atoms with E-state index in [1.54, 1.807) is 0 Å². The third-order valence-electron chi connectivity index (χ3n) is 0.395. The molecule has 0 unspecified atom stereocenters. The lowest BCUT2D eigenvalue weighted by Gasteiger charge is -1.85. The van der Waals surface area contributed by atoms with E-state index in [2.05, 4.69) is 4.39 Å². The van der Waals surface area contributed by atoms with Gasteiger partial charge in [0.15, 0.2) is 0 Å². The molecule has 0 aliphatic rings. The van der Waals surface area contributed by atoms with E-state index in [1.807, 2.05) is 0 Å². The van der Waals surface area contributed by atoms with E-state index in [0.29, 0.717) is 0 Å². The van der Waals surface area contributed by atoms with Gasteiger partial charge in [0.25, 0.3) is 0 Å². The van der Waals surface area contributed by atoms with E-state index in [4.69, 9.17) is 0 Å². The largest absolute Gasteiger partial charge is 0.322 e. The Labute approximate surface area is 51.0 Å². The molecule has 54 valence electrons. The summed E-state index contributed by atoms with van der Waals surface area (Å²) in [6.45, 7) is 0.858. The van der Waals surface area contributed by atoms with Crippen LogP contribution >= 0.6 is 0 Å². The average Bonchev–Trinajstić information content (AvgIpc) is 1.63. The third kappa shape index (κ3) is 4.04. The molecule has 6 heteroatoms. The number of allylic oxidation sites excluding steroid dienone is 1. The van der Waals surface area contributed by atoms with Gasteiger partial charge in [0, 0.05) is 0 Å². The quantitative estimate of drug-likeness (QED) is 0.603. The van der Waals surface area contributed by atoms with Crippen molar-refractivity contribution in [1.82, 2.24) is 0 Å². The van der Waals surface area contributed by atoms with Crippen molar-refractivity contribution in [2.24, 2.45) is 0 Å². The van der Waals surface area contributed by atoms with Gasteiger partial charge in [-0.15, -0.1) is 0 Å². The molecule has 0 spiro atoms. The molecule has 0 saturated carbocycles. The Morgan fingerprint density at radius 3 is 2.22 bits per heavy atom. The van der Waals surface area contributed by atoms with E-state index < -0.39 is 15.9 Å². The molecule has 0 aromatic carbocycles. The monoisotopic (exact) mass is 158 g/mol. The molecule has 0 atom stereocenters. The van der Waals surface area contributed by atoms with Gasteiger partial charge in [-0.2, -0.15) is 8.42 Å².